The summed E-state index contributed by atoms with van der Waals surface area (Å²) < 4.78 is 44.8. The van der Waals surface area contributed by atoms with Crippen LogP contribution in [0.3, 0.4) is 0 Å². The fraction of sp³-hybridized carbons (Fsp3) is 0.230. The lowest BCUT2D eigenvalue weighted by Crippen LogP contribution is -2.32. The number of aromatic nitrogens is 6. The van der Waals surface area contributed by atoms with Gasteiger partial charge in [-0.05, 0) is 131 Å². The minimum atomic E-state index is -1.72. The largest absolute Gasteiger partial charge is 0.491 e. The van der Waals surface area contributed by atoms with Crippen LogP contribution in [-0.4, -0.2) is 119 Å². The number of aliphatic hydroxyl groups excluding tert-OH is 3. The summed E-state index contributed by atoms with van der Waals surface area (Å²) in [6.45, 7) is 22.5. The van der Waals surface area contributed by atoms with E-state index in [1.807, 2.05) is 20.8 Å². The predicted molar refractivity (Wildman–Crippen MR) is 405 cm³/mol. The minimum Gasteiger partial charge on any atom is -0.465 e. The molecule has 27 heteroatoms. The first kappa shape index (κ1) is 91.3. The van der Waals surface area contributed by atoms with E-state index < -0.39 is 31.1 Å². The highest BCUT2D eigenvalue weighted by molar-refractivity contribution is 6.58. The normalized spacial score (nSPS) is 10.6. The van der Waals surface area contributed by atoms with Crippen molar-refractivity contribution in [3.05, 3.63) is 251 Å². The van der Waals surface area contributed by atoms with Crippen molar-refractivity contribution in [2.45, 2.75) is 95.0 Å². The number of aliphatic hydroxyl groups is 3. The molecular formula is C74H90BCl3F3N11O9. The number of esters is 1. The van der Waals surface area contributed by atoms with E-state index in [2.05, 4.69) is 65.0 Å². The first-order valence-electron chi connectivity index (χ1n) is 29.7. The number of methoxy groups -OCH3 is 1. The Hall–Kier alpha value is -9.73. The van der Waals surface area contributed by atoms with Crippen LogP contribution in [0.25, 0.3) is 39.2 Å². The molecule has 3 aromatic carbocycles. The second-order valence-electron chi connectivity index (χ2n) is 21.3. The zero-order valence-corrected chi connectivity index (χ0v) is 57.2. The first-order valence-corrected chi connectivity index (χ1v) is 30.8. The molecule has 1 amide bonds. The number of nitrogens with zero attached hydrogens (tertiary/aromatic N) is 6. The summed E-state index contributed by atoms with van der Waals surface area (Å²) in [5.74, 6) is -2.18. The highest BCUT2D eigenvalue weighted by Crippen LogP contribution is 2.33. The van der Waals surface area contributed by atoms with Crippen LogP contribution in [0, 0.1) is 17.5 Å². The fourth-order valence-corrected chi connectivity index (χ4v) is 8.49. The summed E-state index contributed by atoms with van der Waals surface area (Å²) in [5.41, 5.74) is 25.6. The molecule has 0 spiro atoms. The summed E-state index contributed by atoms with van der Waals surface area (Å²) in [6.07, 6.45) is 13.0. The van der Waals surface area contributed by atoms with E-state index in [-0.39, 0.29) is 63.7 Å². The van der Waals surface area contributed by atoms with Crippen molar-refractivity contribution in [2.24, 2.45) is 5.73 Å². The standard InChI is InChI=1S/C23H23FN4O2.C14H11ClFN.C10H14N2O2.C8H7Cl2N.C7H8N2O2.C6H6BFO2.C3H9NO.3CH4/c1-14(2)17-13-26-21(16-6-4-5-7-19(16)24)10-22(17)28-20-8-9-25-12-18(20)23(30)27-11-15(3)29;1-9(2)11-8-17-14(7-12(11)15)10-5-3-4-6-13(10)16;1-7(13)2-3-10(14)8-6-12-5-4-9(8)11;1-5(2)6-4-11-8(10)3-7(6)9;1-11-7(10)5-4-9-3-2-6(5)8;8-6-4-2-1-3-5(6)7(9)10;1-3(5)2-4;;;/h4-10,12-13,15,29H,1,11H2,2-3H3,(H,27,30)(H,25,26,28);3-8H,1H2,2H3;4-7,13H,2-3H2,1H3,(H2,11,12);3-4H,1H2,2H3;2-4H,1H3,(H2,8,9);1-4,9-10H;3,5H,2,4H2,1H3;3*1H4/t15-;;7-;;;;3-;;;/m0.0...0.../s1. The van der Waals surface area contributed by atoms with Gasteiger partial charge in [-0.1, -0.05) is 119 Å². The van der Waals surface area contributed by atoms with Crippen LogP contribution in [0.15, 0.2) is 185 Å². The third-order valence-corrected chi connectivity index (χ3v) is 13.7. The summed E-state index contributed by atoms with van der Waals surface area (Å²) in [5, 5.41) is 51.1. The quantitative estimate of drug-likeness (QED) is 0.0175. The number of ketones is 1. The molecule has 0 fully saturated rings. The van der Waals surface area contributed by atoms with Crippen LogP contribution in [0.1, 0.15) is 124 Å². The maximum absolute atomic E-state index is 14.3. The van der Waals surface area contributed by atoms with Gasteiger partial charge in [0.1, 0.15) is 28.2 Å². The van der Waals surface area contributed by atoms with Crippen molar-refractivity contribution in [3.8, 4) is 22.5 Å². The van der Waals surface area contributed by atoms with E-state index in [1.165, 1.54) is 68.3 Å². The van der Waals surface area contributed by atoms with Crippen LogP contribution in [0.4, 0.5) is 35.9 Å². The molecule has 13 N–H and O–H groups in total. The SMILES string of the molecule is C.C.C.C=C(C)c1cnc(-c2ccccc2F)cc1Cl.C=C(C)c1cnc(-c2ccccc2F)cc1Nc1ccncc1C(=O)NC[C@H](C)O.C=C(C)c1cnc(Cl)cc1Cl.COC(=O)c1cnccc1N.C[C@H](O)CCC(=O)c1cnccc1N.C[C@H](O)CN.OB(O)c1ccccc1F. The number of carbonyl (C=O) groups excluding carboxylic acids is 3. The number of Topliss-reactive ketones (excluding diaryl/α,β-unsaturated/α-hetero) is 1. The number of carbonyl (C=O) groups is 3. The van der Waals surface area contributed by atoms with Gasteiger partial charge < -0.3 is 57.9 Å². The maximum atomic E-state index is 14.3. The molecule has 0 radical (unpaired) electrons. The van der Waals surface area contributed by atoms with Crippen LogP contribution in [0.2, 0.25) is 15.2 Å². The van der Waals surface area contributed by atoms with Gasteiger partial charge in [0.25, 0.3) is 5.91 Å². The Morgan fingerprint density at radius 3 is 1.42 bits per heavy atom. The van der Waals surface area contributed by atoms with Crippen LogP contribution in [0.5, 0.6) is 0 Å². The average Bonchev–Trinajstić information content (AvgIpc) is 0.812. The first-order chi connectivity index (χ1) is 46.4. The van der Waals surface area contributed by atoms with E-state index in [0.717, 1.165) is 33.4 Å². The topological polar surface area (TPSA) is 341 Å². The average molecular weight is 1450 g/mol. The lowest BCUT2D eigenvalue weighted by molar-refractivity contribution is 0.0601. The van der Waals surface area contributed by atoms with Gasteiger partial charge in [0.05, 0.1) is 63.7 Å². The summed E-state index contributed by atoms with van der Waals surface area (Å²) >= 11 is 17.5. The summed E-state index contributed by atoms with van der Waals surface area (Å²) in [7, 11) is -0.421. The molecule has 0 unspecified atom stereocenters. The molecule has 540 valence electrons. The molecule has 9 rings (SSSR count). The predicted octanol–water partition coefficient (Wildman–Crippen LogP) is 14.4. The van der Waals surface area contributed by atoms with Gasteiger partial charge in [-0.3, -0.25) is 34.5 Å². The van der Waals surface area contributed by atoms with E-state index in [1.54, 1.807) is 125 Å². The Bertz CT molecular complexity index is 4120. The van der Waals surface area contributed by atoms with E-state index >= 15 is 0 Å². The van der Waals surface area contributed by atoms with Gasteiger partial charge in [0, 0.05) is 126 Å². The second-order valence-corrected chi connectivity index (χ2v) is 22.5. The highest BCUT2D eigenvalue weighted by atomic mass is 35.5. The van der Waals surface area contributed by atoms with Crippen molar-refractivity contribution in [3.63, 3.8) is 0 Å². The second kappa shape index (κ2) is 47.3. The third-order valence-electron chi connectivity index (χ3n) is 12.9. The number of hydrogen-bond acceptors (Lipinski definition) is 19. The van der Waals surface area contributed by atoms with E-state index in [9.17, 15) is 32.7 Å². The Kier molecular flexibility index (Phi) is 42.8. The zero-order chi connectivity index (χ0) is 73.2. The smallest absolute Gasteiger partial charge is 0.465 e. The highest BCUT2D eigenvalue weighted by Gasteiger charge is 2.18. The number of hydrogen-bond donors (Lipinski definition) is 10. The molecular weight excluding hydrogens is 1360 g/mol. The summed E-state index contributed by atoms with van der Waals surface area (Å²) in [4.78, 5) is 59.0. The number of nitrogens with two attached hydrogens (primary N) is 3. The third kappa shape index (κ3) is 31.6. The lowest BCUT2D eigenvalue weighted by Gasteiger charge is -2.16. The number of anilines is 4. The number of benzene rings is 3. The van der Waals surface area contributed by atoms with E-state index in [0.29, 0.717) is 96.5 Å². The number of pyridine rings is 6. The van der Waals surface area contributed by atoms with Crippen molar-refractivity contribution >= 4 is 105 Å². The van der Waals surface area contributed by atoms with Crippen molar-refractivity contribution in [1.82, 2.24) is 35.2 Å². The Balaban J connectivity index is 0.00000122. The van der Waals surface area contributed by atoms with Gasteiger partial charge in [-0.15, -0.1) is 0 Å². The molecule has 3 atom stereocenters. The molecule has 0 saturated heterocycles. The number of ether oxygens (including phenoxy) is 1. The Morgan fingerprint density at radius 1 is 0.564 bits per heavy atom. The zero-order valence-electron chi connectivity index (χ0n) is 54.9. The molecule has 0 bridgehead atoms. The van der Waals surface area contributed by atoms with Gasteiger partial charge in [0.2, 0.25) is 0 Å². The monoisotopic (exact) mass is 1450 g/mol. The minimum absolute atomic E-state index is 0. The number of allylic oxidation sites excluding steroid dienone is 3. The van der Waals surface area contributed by atoms with E-state index in [4.69, 9.17) is 72.3 Å². The maximum Gasteiger partial charge on any atom is 0.491 e. The van der Waals surface area contributed by atoms with Crippen LogP contribution >= 0.6 is 34.8 Å². The number of rotatable bonds is 17. The number of amides is 1. The summed E-state index contributed by atoms with van der Waals surface area (Å²) in [6, 6.07) is 28.2. The molecule has 20 nitrogen and oxygen atoms in total. The number of nitrogens with one attached hydrogen (secondary N) is 2. The molecule has 0 aliphatic heterocycles. The Labute approximate surface area is 605 Å². The molecule has 6 aromatic heterocycles. The molecule has 0 aliphatic carbocycles. The van der Waals surface area contributed by atoms with Crippen molar-refractivity contribution in [1.29, 1.82) is 0 Å². The van der Waals surface area contributed by atoms with Gasteiger partial charge in [0.15, 0.2) is 5.78 Å². The van der Waals surface area contributed by atoms with Gasteiger partial charge in [-0.2, -0.15) is 0 Å². The molecule has 9 aromatic rings. The molecule has 0 saturated carbocycles. The Morgan fingerprint density at radius 2 is 1.00 bits per heavy atom. The molecule has 101 heavy (non-hydrogen) atoms. The number of nitrogen functional groups attached to an aromatic ring is 2. The number of halogens is 6. The molecule has 6 heterocycles. The van der Waals surface area contributed by atoms with Crippen LogP contribution < -0.4 is 33.3 Å². The van der Waals surface area contributed by atoms with Crippen molar-refractivity contribution < 1.29 is 57.7 Å². The van der Waals surface area contributed by atoms with Crippen LogP contribution in [-0.2, 0) is 4.74 Å². The van der Waals surface area contributed by atoms with Gasteiger partial charge in [-0.25, -0.2) is 22.9 Å². The van der Waals surface area contributed by atoms with Crippen molar-refractivity contribution in [2.75, 3.05) is 37.0 Å². The van der Waals surface area contributed by atoms with Gasteiger partial charge >= 0.3 is 13.1 Å². The fourth-order valence-electron chi connectivity index (χ4n) is 7.65. The molecule has 0 aliphatic rings. The lowest BCUT2D eigenvalue weighted by atomic mass is 9.80.